The van der Waals surface area contributed by atoms with Gasteiger partial charge in [-0.3, -0.25) is 0 Å². The highest BCUT2D eigenvalue weighted by Gasteiger charge is 2.16. The zero-order valence-electron chi connectivity index (χ0n) is 12.1. The van der Waals surface area contributed by atoms with Gasteiger partial charge in [-0.1, -0.05) is 51.0 Å². The number of benzene rings is 1. The summed E-state index contributed by atoms with van der Waals surface area (Å²) in [7, 11) is 1.79. The summed E-state index contributed by atoms with van der Waals surface area (Å²) in [4.78, 5) is 0. The fourth-order valence-electron chi connectivity index (χ4n) is 2.08. The molecule has 1 rings (SSSR count). The molecule has 1 atom stereocenters. The highest BCUT2D eigenvalue weighted by Crippen LogP contribution is 2.24. The van der Waals surface area contributed by atoms with E-state index in [-0.39, 0.29) is 17.3 Å². The van der Waals surface area contributed by atoms with E-state index in [1.807, 2.05) is 19.1 Å². The van der Waals surface area contributed by atoms with E-state index in [4.69, 9.17) is 0 Å². The molecule has 1 aromatic rings. The molecule has 0 bridgehead atoms. The third-order valence-corrected chi connectivity index (χ3v) is 2.85. The van der Waals surface area contributed by atoms with Gasteiger partial charge in [0.1, 0.15) is 13.7 Å². The van der Waals surface area contributed by atoms with Gasteiger partial charge in [0.25, 0.3) is 0 Å². The Balaban J connectivity index is 2.74. The predicted molar refractivity (Wildman–Crippen MR) is 79.3 cm³/mol. The van der Waals surface area contributed by atoms with Gasteiger partial charge in [-0.25, -0.2) is 4.39 Å². The lowest BCUT2D eigenvalue weighted by molar-refractivity contribution is 0.392. The molecular formula is C15H23BFN. The topological polar surface area (TPSA) is 12.0 Å². The largest absolute Gasteiger partial charge is 0.382 e. The second kappa shape index (κ2) is 5.60. The fraction of sp³-hybridized carbons (Fsp3) is 0.467. The highest BCUT2D eigenvalue weighted by molar-refractivity contribution is 6.32. The van der Waals surface area contributed by atoms with Crippen LogP contribution in [0, 0.1) is 11.2 Å². The summed E-state index contributed by atoms with van der Waals surface area (Å²) in [6.07, 6.45) is 0.880. The van der Waals surface area contributed by atoms with E-state index in [1.165, 1.54) is 0 Å². The van der Waals surface area contributed by atoms with Gasteiger partial charge in [0.05, 0.1) is 6.04 Å². The Bertz CT molecular complexity index is 435. The van der Waals surface area contributed by atoms with Gasteiger partial charge >= 0.3 is 0 Å². The first-order valence-electron chi connectivity index (χ1n) is 6.40. The highest BCUT2D eigenvalue weighted by atomic mass is 19.1. The summed E-state index contributed by atoms with van der Waals surface area (Å²) in [5, 5.41) is 3.29. The summed E-state index contributed by atoms with van der Waals surface area (Å²) in [5.74, 6) is -0.124. The quantitative estimate of drug-likeness (QED) is 0.806. The van der Waals surface area contributed by atoms with Gasteiger partial charge in [-0.2, -0.15) is 0 Å². The Kier molecular flexibility index (Phi) is 4.61. The Morgan fingerprint density at radius 1 is 1.44 bits per heavy atom. The van der Waals surface area contributed by atoms with Crippen LogP contribution in [-0.4, -0.2) is 7.85 Å². The summed E-state index contributed by atoms with van der Waals surface area (Å²) in [6.45, 7) is 12.5. The predicted octanol–water partition coefficient (Wildman–Crippen LogP) is 2.68. The van der Waals surface area contributed by atoms with E-state index >= 15 is 0 Å². The van der Waals surface area contributed by atoms with Gasteiger partial charge in [0.2, 0.25) is 0 Å². The molecule has 18 heavy (non-hydrogen) atoms. The maximum atomic E-state index is 14.0. The van der Waals surface area contributed by atoms with Crippen LogP contribution in [-0.2, 0) is 0 Å². The molecule has 0 aliphatic carbocycles. The van der Waals surface area contributed by atoms with Crippen LogP contribution >= 0.6 is 0 Å². The molecule has 3 heteroatoms. The molecule has 1 unspecified atom stereocenters. The second-order valence-electron chi connectivity index (χ2n) is 6.19. The molecule has 1 nitrogen and oxygen atoms in total. The van der Waals surface area contributed by atoms with Gasteiger partial charge in [-0.15, -0.1) is 0 Å². The normalized spacial score (nSPS) is 13.2. The third kappa shape index (κ3) is 4.21. The molecule has 1 aromatic carbocycles. The molecule has 0 heterocycles. The Morgan fingerprint density at radius 3 is 2.61 bits per heavy atom. The summed E-state index contributed by atoms with van der Waals surface area (Å²) < 4.78 is 14.0. The smallest absolute Gasteiger partial charge is 0.143 e. The van der Waals surface area contributed by atoms with E-state index in [0.29, 0.717) is 11.0 Å². The first-order valence-corrected chi connectivity index (χ1v) is 6.40. The van der Waals surface area contributed by atoms with Crippen LogP contribution in [0.5, 0.6) is 0 Å². The Labute approximate surface area is 111 Å². The number of hydrogen-bond donors (Lipinski definition) is 1. The van der Waals surface area contributed by atoms with Crippen molar-refractivity contribution in [3.05, 3.63) is 41.9 Å². The van der Waals surface area contributed by atoms with E-state index in [1.54, 1.807) is 13.9 Å². The van der Waals surface area contributed by atoms with Crippen molar-refractivity contribution >= 4 is 13.3 Å². The molecule has 1 N–H and O–H groups in total. The minimum absolute atomic E-state index is 0.0558. The molecule has 0 radical (unpaired) electrons. The van der Waals surface area contributed by atoms with Crippen molar-refractivity contribution in [3.63, 3.8) is 0 Å². The van der Waals surface area contributed by atoms with Crippen LogP contribution in [0.1, 0.15) is 45.7 Å². The minimum atomic E-state index is -0.124. The first-order chi connectivity index (χ1) is 8.20. The number of hydrogen-bond acceptors (Lipinski definition) is 1. The summed E-state index contributed by atoms with van der Waals surface area (Å²) in [6, 6.07) is 5.44. The molecule has 0 aliphatic heterocycles. The Morgan fingerprint density at radius 2 is 2.06 bits per heavy atom. The molecular weight excluding hydrogens is 224 g/mol. The zero-order valence-corrected chi connectivity index (χ0v) is 12.1. The van der Waals surface area contributed by atoms with Gasteiger partial charge in [-0.05, 0) is 18.8 Å². The van der Waals surface area contributed by atoms with E-state index in [0.717, 1.165) is 12.1 Å². The monoisotopic (exact) mass is 247 g/mol. The second-order valence-corrected chi connectivity index (χ2v) is 6.19. The van der Waals surface area contributed by atoms with Crippen molar-refractivity contribution in [2.24, 2.45) is 5.41 Å². The van der Waals surface area contributed by atoms with Crippen molar-refractivity contribution in [1.82, 2.24) is 5.32 Å². The van der Waals surface area contributed by atoms with Gasteiger partial charge in [0.15, 0.2) is 0 Å². The van der Waals surface area contributed by atoms with Crippen LogP contribution in [0.25, 0.3) is 0 Å². The van der Waals surface area contributed by atoms with Crippen LogP contribution in [0.3, 0.4) is 0 Å². The van der Waals surface area contributed by atoms with Crippen molar-refractivity contribution in [2.45, 2.75) is 40.2 Å². The lowest BCUT2D eigenvalue weighted by Gasteiger charge is -2.24. The van der Waals surface area contributed by atoms with Crippen LogP contribution in [0.4, 0.5) is 4.39 Å². The molecule has 98 valence electrons. The van der Waals surface area contributed by atoms with Crippen LogP contribution < -0.4 is 10.8 Å². The molecule has 0 aliphatic rings. The van der Waals surface area contributed by atoms with Crippen LogP contribution in [0.15, 0.2) is 30.5 Å². The number of rotatable bonds is 4. The molecule has 0 fully saturated rings. The first kappa shape index (κ1) is 14.8. The zero-order chi connectivity index (χ0) is 13.9. The summed E-state index contributed by atoms with van der Waals surface area (Å²) in [5.41, 5.74) is 2.53. The van der Waals surface area contributed by atoms with Crippen molar-refractivity contribution in [1.29, 1.82) is 0 Å². The molecule has 0 aromatic heterocycles. The molecule has 0 amide bonds. The molecule has 0 saturated carbocycles. The van der Waals surface area contributed by atoms with E-state index in [2.05, 4.69) is 32.7 Å². The van der Waals surface area contributed by atoms with E-state index < -0.39 is 0 Å². The van der Waals surface area contributed by atoms with Crippen molar-refractivity contribution < 1.29 is 4.39 Å². The average molecular weight is 247 g/mol. The number of halogens is 1. The van der Waals surface area contributed by atoms with Gasteiger partial charge < -0.3 is 5.32 Å². The standard InChI is InChI=1S/C15H23BFN/c1-10(9-15(3,4)5)18-11(2)12-7-6-8-13(16)14(12)17/h6-8,11,18H,1,9,16H2,2-5H3. The number of nitrogens with one attached hydrogen (secondary N) is 1. The Hall–Kier alpha value is -1.25. The minimum Gasteiger partial charge on any atom is -0.382 e. The van der Waals surface area contributed by atoms with E-state index in [9.17, 15) is 4.39 Å². The maximum Gasteiger partial charge on any atom is 0.143 e. The molecule has 0 spiro atoms. The van der Waals surface area contributed by atoms with Gasteiger partial charge in [0, 0.05) is 11.3 Å². The maximum absolute atomic E-state index is 14.0. The number of allylic oxidation sites excluding steroid dienone is 1. The summed E-state index contributed by atoms with van der Waals surface area (Å²) >= 11 is 0. The third-order valence-electron chi connectivity index (χ3n) is 2.85. The average Bonchev–Trinajstić information content (AvgIpc) is 2.18. The fourth-order valence-corrected chi connectivity index (χ4v) is 2.08. The van der Waals surface area contributed by atoms with Crippen molar-refractivity contribution in [2.75, 3.05) is 0 Å². The lowest BCUT2D eigenvalue weighted by Crippen LogP contribution is -2.24. The van der Waals surface area contributed by atoms with Crippen LogP contribution in [0.2, 0.25) is 0 Å². The molecule has 0 saturated heterocycles. The SMILES string of the molecule is Bc1cccc(C(C)NC(=C)CC(C)(C)C)c1F. The van der Waals surface area contributed by atoms with Crippen molar-refractivity contribution in [3.8, 4) is 0 Å². The lowest BCUT2D eigenvalue weighted by atomic mass is 9.89.